The van der Waals surface area contributed by atoms with E-state index in [-0.39, 0.29) is 18.9 Å². The van der Waals surface area contributed by atoms with E-state index in [1.807, 2.05) is 0 Å². The minimum Gasteiger partial charge on any atom is -0.481 e. The molecule has 1 N–H and O–H groups in total. The maximum atomic E-state index is 12.4. The number of aliphatic carboxylic acids is 1. The van der Waals surface area contributed by atoms with Gasteiger partial charge in [0, 0.05) is 12.7 Å². The number of aromatic nitrogens is 2. The molecule has 7 nitrogen and oxygen atoms in total. The van der Waals surface area contributed by atoms with Crippen molar-refractivity contribution in [3.05, 3.63) is 23.8 Å². The third kappa shape index (κ3) is 3.05. The maximum Gasteiger partial charge on any atom is 0.305 e. The maximum absolute atomic E-state index is 12.4. The summed E-state index contributed by atoms with van der Waals surface area (Å²) in [5, 5.41) is 8.87. The van der Waals surface area contributed by atoms with E-state index in [1.165, 1.54) is 17.4 Å². The molecule has 1 saturated heterocycles. The molecule has 0 spiro atoms. The lowest BCUT2D eigenvalue weighted by Gasteiger charge is -2.34. The van der Waals surface area contributed by atoms with E-state index >= 15 is 0 Å². The quantitative estimate of drug-likeness (QED) is 0.833. The Balaban J connectivity index is 2.20. The van der Waals surface area contributed by atoms with E-state index in [0.29, 0.717) is 24.4 Å². The van der Waals surface area contributed by atoms with Gasteiger partial charge in [0.2, 0.25) is 0 Å². The topological polar surface area (TPSA) is 92.6 Å². The van der Waals surface area contributed by atoms with Gasteiger partial charge in [-0.3, -0.25) is 9.59 Å². The molecule has 1 aliphatic rings. The molecular weight excluding hydrogens is 250 g/mol. The highest BCUT2D eigenvalue weighted by atomic mass is 16.5. The summed E-state index contributed by atoms with van der Waals surface area (Å²) in [7, 11) is 0. The van der Waals surface area contributed by atoms with Gasteiger partial charge in [-0.2, -0.15) is 0 Å². The number of hydrogen-bond acceptors (Lipinski definition) is 5. The van der Waals surface area contributed by atoms with Crippen molar-refractivity contribution in [1.29, 1.82) is 0 Å². The summed E-state index contributed by atoms with van der Waals surface area (Å²) < 4.78 is 5.24. The van der Waals surface area contributed by atoms with Crippen LogP contribution >= 0.6 is 0 Å². The second-order valence-electron chi connectivity index (χ2n) is 4.35. The van der Waals surface area contributed by atoms with Gasteiger partial charge in [0.15, 0.2) is 0 Å². The highest BCUT2D eigenvalue weighted by Gasteiger charge is 2.30. The van der Waals surface area contributed by atoms with Crippen LogP contribution in [0.1, 0.15) is 22.5 Å². The van der Waals surface area contributed by atoms with Gasteiger partial charge in [-0.15, -0.1) is 0 Å². The van der Waals surface area contributed by atoms with E-state index < -0.39 is 12.0 Å². The lowest BCUT2D eigenvalue weighted by Crippen LogP contribution is -2.49. The molecule has 1 aromatic heterocycles. The zero-order chi connectivity index (χ0) is 13.8. The fourth-order valence-corrected chi connectivity index (χ4v) is 2.05. The first-order valence-electron chi connectivity index (χ1n) is 5.96. The third-order valence-corrected chi connectivity index (χ3v) is 3.04. The van der Waals surface area contributed by atoms with E-state index in [0.717, 1.165) is 0 Å². The number of morpholine rings is 1. The summed E-state index contributed by atoms with van der Waals surface area (Å²) in [5.74, 6) is -1.19. The van der Waals surface area contributed by atoms with Gasteiger partial charge in [-0.25, -0.2) is 9.97 Å². The average molecular weight is 265 g/mol. The van der Waals surface area contributed by atoms with E-state index in [1.54, 1.807) is 6.92 Å². The average Bonchev–Trinajstić information content (AvgIpc) is 2.38. The number of carboxylic acids is 1. The van der Waals surface area contributed by atoms with Crippen molar-refractivity contribution in [3.8, 4) is 0 Å². The molecule has 1 unspecified atom stereocenters. The molecule has 7 heteroatoms. The van der Waals surface area contributed by atoms with Crippen LogP contribution in [0.15, 0.2) is 12.5 Å². The Hall–Kier alpha value is -2.02. The predicted molar refractivity (Wildman–Crippen MR) is 64.7 cm³/mol. The number of carbonyl (C=O) groups is 2. The number of ether oxygens (including phenoxy) is 1. The summed E-state index contributed by atoms with van der Waals surface area (Å²) in [6.45, 7) is 2.76. The molecule has 102 valence electrons. The van der Waals surface area contributed by atoms with Crippen LogP contribution in [-0.2, 0) is 9.53 Å². The second-order valence-corrected chi connectivity index (χ2v) is 4.35. The Kier molecular flexibility index (Phi) is 4.06. The van der Waals surface area contributed by atoms with Crippen LogP contribution in [0.2, 0.25) is 0 Å². The monoisotopic (exact) mass is 265 g/mol. The summed E-state index contributed by atoms with van der Waals surface area (Å²) in [6.07, 6.45) is 2.70. The summed E-state index contributed by atoms with van der Waals surface area (Å²) in [4.78, 5) is 32.6. The highest BCUT2D eigenvalue weighted by molar-refractivity contribution is 5.95. The van der Waals surface area contributed by atoms with Crippen LogP contribution in [0, 0.1) is 6.92 Å². The van der Waals surface area contributed by atoms with Gasteiger partial charge < -0.3 is 14.7 Å². The number of amides is 1. The number of carbonyl (C=O) groups excluding carboxylic acids is 1. The Morgan fingerprint density at radius 3 is 3.05 bits per heavy atom. The Labute approximate surface area is 110 Å². The first-order valence-corrected chi connectivity index (χ1v) is 5.96. The zero-order valence-corrected chi connectivity index (χ0v) is 10.6. The third-order valence-electron chi connectivity index (χ3n) is 3.04. The zero-order valence-electron chi connectivity index (χ0n) is 10.6. The first-order chi connectivity index (χ1) is 9.09. The molecule has 0 radical (unpaired) electrons. The van der Waals surface area contributed by atoms with Crippen molar-refractivity contribution in [2.45, 2.75) is 19.4 Å². The van der Waals surface area contributed by atoms with Crippen molar-refractivity contribution in [3.63, 3.8) is 0 Å². The molecule has 0 bridgehead atoms. The van der Waals surface area contributed by atoms with Gasteiger partial charge >= 0.3 is 5.97 Å². The molecule has 1 atom stereocenters. The van der Waals surface area contributed by atoms with Crippen LogP contribution in [0.5, 0.6) is 0 Å². The normalized spacial score (nSPS) is 19.2. The molecule has 1 fully saturated rings. The number of nitrogens with zero attached hydrogens (tertiary/aromatic N) is 3. The van der Waals surface area contributed by atoms with E-state index in [2.05, 4.69) is 9.97 Å². The largest absolute Gasteiger partial charge is 0.481 e. The van der Waals surface area contributed by atoms with Gasteiger partial charge in [0.25, 0.3) is 5.91 Å². The first kappa shape index (κ1) is 13.4. The Bertz CT molecular complexity index is 492. The number of aryl methyl sites for hydroxylation is 1. The standard InChI is InChI=1S/C12H15N3O4/c1-8-10(5-13-7-14-8)12(18)15-2-3-19-6-9(15)4-11(16)17/h5,7,9H,2-4,6H2,1H3,(H,16,17). The van der Waals surface area contributed by atoms with Crippen molar-refractivity contribution < 1.29 is 19.4 Å². The lowest BCUT2D eigenvalue weighted by atomic mass is 10.1. The summed E-state index contributed by atoms with van der Waals surface area (Å²) in [5.41, 5.74) is 0.986. The SMILES string of the molecule is Cc1ncncc1C(=O)N1CCOCC1CC(=O)O. The summed E-state index contributed by atoms with van der Waals surface area (Å²) in [6, 6.07) is -0.446. The Morgan fingerprint density at radius 2 is 2.37 bits per heavy atom. The van der Waals surface area contributed by atoms with Crippen molar-refractivity contribution >= 4 is 11.9 Å². The van der Waals surface area contributed by atoms with Crippen molar-refractivity contribution in [2.24, 2.45) is 0 Å². The molecule has 0 saturated carbocycles. The minimum atomic E-state index is -0.950. The fourth-order valence-electron chi connectivity index (χ4n) is 2.05. The number of rotatable bonds is 3. The van der Waals surface area contributed by atoms with Crippen LogP contribution in [0.3, 0.4) is 0 Å². The highest BCUT2D eigenvalue weighted by Crippen LogP contribution is 2.15. The molecule has 0 aliphatic carbocycles. The Morgan fingerprint density at radius 1 is 1.58 bits per heavy atom. The molecule has 2 rings (SSSR count). The van der Waals surface area contributed by atoms with Crippen LogP contribution in [0.25, 0.3) is 0 Å². The number of hydrogen-bond donors (Lipinski definition) is 1. The molecular formula is C12H15N3O4. The smallest absolute Gasteiger partial charge is 0.305 e. The predicted octanol–water partition coefficient (Wildman–Crippen LogP) is 0.101. The molecule has 19 heavy (non-hydrogen) atoms. The lowest BCUT2D eigenvalue weighted by molar-refractivity contribution is -0.139. The van der Waals surface area contributed by atoms with Crippen LogP contribution < -0.4 is 0 Å². The van der Waals surface area contributed by atoms with Gasteiger partial charge in [0.05, 0.1) is 36.9 Å². The van der Waals surface area contributed by atoms with Gasteiger partial charge in [-0.1, -0.05) is 0 Å². The second kappa shape index (κ2) is 5.75. The molecule has 1 amide bonds. The summed E-state index contributed by atoms with van der Waals surface area (Å²) >= 11 is 0. The van der Waals surface area contributed by atoms with E-state index in [4.69, 9.17) is 9.84 Å². The number of carboxylic acid groups (broad SMARTS) is 1. The van der Waals surface area contributed by atoms with Crippen molar-refractivity contribution in [1.82, 2.24) is 14.9 Å². The van der Waals surface area contributed by atoms with Crippen molar-refractivity contribution in [2.75, 3.05) is 19.8 Å². The molecule has 1 aliphatic heterocycles. The van der Waals surface area contributed by atoms with Crippen LogP contribution in [-0.4, -0.2) is 57.7 Å². The molecule has 1 aromatic rings. The van der Waals surface area contributed by atoms with Crippen LogP contribution in [0.4, 0.5) is 0 Å². The fraction of sp³-hybridized carbons (Fsp3) is 0.500. The minimum absolute atomic E-state index is 0.127. The van der Waals surface area contributed by atoms with Gasteiger partial charge in [0.1, 0.15) is 6.33 Å². The molecule has 2 heterocycles. The van der Waals surface area contributed by atoms with Gasteiger partial charge in [-0.05, 0) is 6.92 Å². The molecule has 0 aromatic carbocycles. The van der Waals surface area contributed by atoms with E-state index in [9.17, 15) is 9.59 Å².